The van der Waals surface area contributed by atoms with Crippen LogP contribution in [0.4, 0.5) is 0 Å². The maximum absolute atomic E-state index is 5.68. The van der Waals surface area contributed by atoms with Crippen molar-refractivity contribution in [2.24, 2.45) is 0 Å². The SMILES string of the molecule is CCCCOc1ccc([C@H](C)NC[C@@H]2CCCO2)cc1. The molecule has 1 N–H and O–H groups in total. The molecule has 1 aliphatic rings. The van der Waals surface area contributed by atoms with Crippen molar-refractivity contribution < 1.29 is 9.47 Å². The third-order valence-electron chi connectivity index (χ3n) is 3.82. The summed E-state index contributed by atoms with van der Waals surface area (Å²) in [7, 11) is 0. The van der Waals surface area contributed by atoms with Crippen LogP contribution in [0.1, 0.15) is 51.1 Å². The van der Waals surface area contributed by atoms with E-state index in [0.717, 1.165) is 31.9 Å². The van der Waals surface area contributed by atoms with E-state index in [1.54, 1.807) is 0 Å². The van der Waals surface area contributed by atoms with Crippen molar-refractivity contribution in [1.29, 1.82) is 0 Å². The van der Waals surface area contributed by atoms with Crippen LogP contribution in [0.15, 0.2) is 24.3 Å². The highest BCUT2D eigenvalue weighted by atomic mass is 16.5. The molecule has 112 valence electrons. The van der Waals surface area contributed by atoms with E-state index >= 15 is 0 Å². The van der Waals surface area contributed by atoms with E-state index in [1.807, 2.05) is 0 Å². The highest BCUT2D eigenvalue weighted by Gasteiger charge is 2.16. The number of nitrogens with one attached hydrogen (secondary N) is 1. The molecule has 1 heterocycles. The molecule has 0 spiro atoms. The van der Waals surface area contributed by atoms with Crippen LogP contribution in [0.25, 0.3) is 0 Å². The Labute approximate surface area is 122 Å². The standard InChI is InChI=1S/C17H27NO2/c1-3-4-11-19-16-9-7-15(8-10-16)14(2)18-13-17-6-5-12-20-17/h7-10,14,17-18H,3-6,11-13H2,1-2H3/t14-,17-/m0/s1. The van der Waals surface area contributed by atoms with Crippen LogP contribution in [0.3, 0.4) is 0 Å². The third-order valence-corrected chi connectivity index (χ3v) is 3.82. The fourth-order valence-corrected chi connectivity index (χ4v) is 2.42. The molecule has 2 rings (SSSR count). The van der Waals surface area contributed by atoms with Crippen molar-refractivity contribution in [2.75, 3.05) is 19.8 Å². The zero-order valence-electron chi connectivity index (χ0n) is 12.7. The van der Waals surface area contributed by atoms with Crippen LogP contribution < -0.4 is 10.1 Å². The predicted molar refractivity (Wildman–Crippen MR) is 82.2 cm³/mol. The Kier molecular flexibility index (Phi) is 6.34. The Morgan fingerprint density at radius 3 is 2.80 bits per heavy atom. The fraction of sp³-hybridized carbons (Fsp3) is 0.647. The van der Waals surface area contributed by atoms with Gasteiger partial charge in [-0.3, -0.25) is 0 Å². The van der Waals surface area contributed by atoms with Gasteiger partial charge in [-0.25, -0.2) is 0 Å². The summed E-state index contributed by atoms with van der Waals surface area (Å²) in [5, 5.41) is 3.55. The molecule has 1 saturated heterocycles. The van der Waals surface area contributed by atoms with Gasteiger partial charge >= 0.3 is 0 Å². The Balaban J connectivity index is 1.75. The van der Waals surface area contributed by atoms with Crippen molar-refractivity contribution >= 4 is 0 Å². The first-order valence-corrected chi connectivity index (χ1v) is 7.87. The summed E-state index contributed by atoms with van der Waals surface area (Å²) in [6, 6.07) is 8.77. The van der Waals surface area contributed by atoms with Gasteiger partial charge in [0, 0.05) is 19.2 Å². The molecular formula is C17H27NO2. The average molecular weight is 277 g/mol. The fourth-order valence-electron chi connectivity index (χ4n) is 2.42. The van der Waals surface area contributed by atoms with Gasteiger partial charge in [0.25, 0.3) is 0 Å². The minimum atomic E-state index is 0.351. The molecule has 1 aliphatic heterocycles. The zero-order valence-corrected chi connectivity index (χ0v) is 12.7. The molecule has 0 radical (unpaired) electrons. The van der Waals surface area contributed by atoms with Crippen LogP contribution in [0, 0.1) is 0 Å². The van der Waals surface area contributed by atoms with Gasteiger partial charge in [-0.2, -0.15) is 0 Å². The van der Waals surface area contributed by atoms with Crippen LogP contribution in [-0.2, 0) is 4.74 Å². The van der Waals surface area contributed by atoms with Gasteiger partial charge in [0.15, 0.2) is 0 Å². The molecule has 1 aromatic rings. The molecule has 2 atom stereocenters. The largest absolute Gasteiger partial charge is 0.494 e. The smallest absolute Gasteiger partial charge is 0.119 e. The van der Waals surface area contributed by atoms with E-state index in [0.29, 0.717) is 12.1 Å². The number of ether oxygens (including phenoxy) is 2. The monoisotopic (exact) mass is 277 g/mol. The average Bonchev–Trinajstić information content (AvgIpc) is 2.99. The lowest BCUT2D eigenvalue weighted by Gasteiger charge is -2.17. The van der Waals surface area contributed by atoms with Crippen molar-refractivity contribution in [2.45, 2.75) is 51.7 Å². The second-order valence-electron chi connectivity index (χ2n) is 5.54. The molecule has 1 aromatic carbocycles. The van der Waals surface area contributed by atoms with E-state index in [-0.39, 0.29) is 0 Å². The maximum atomic E-state index is 5.68. The Morgan fingerprint density at radius 1 is 1.35 bits per heavy atom. The lowest BCUT2D eigenvalue weighted by molar-refractivity contribution is 0.108. The number of rotatable bonds is 8. The van der Waals surface area contributed by atoms with Crippen LogP contribution in [-0.4, -0.2) is 25.9 Å². The molecule has 0 aromatic heterocycles. The molecule has 0 aliphatic carbocycles. The Morgan fingerprint density at radius 2 is 2.15 bits per heavy atom. The van der Waals surface area contributed by atoms with Gasteiger partial charge in [0.2, 0.25) is 0 Å². The van der Waals surface area contributed by atoms with E-state index in [9.17, 15) is 0 Å². The first-order valence-electron chi connectivity index (χ1n) is 7.87. The molecule has 3 nitrogen and oxygen atoms in total. The molecule has 0 saturated carbocycles. The van der Waals surface area contributed by atoms with Crippen LogP contribution in [0.5, 0.6) is 5.75 Å². The van der Waals surface area contributed by atoms with E-state index in [4.69, 9.17) is 9.47 Å². The van der Waals surface area contributed by atoms with Gasteiger partial charge in [-0.1, -0.05) is 25.5 Å². The minimum absolute atomic E-state index is 0.351. The summed E-state index contributed by atoms with van der Waals surface area (Å²) in [4.78, 5) is 0. The Bertz CT molecular complexity index is 371. The van der Waals surface area contributed by atoms with Crippen LogP contribution >= 0.6 is 0 Å². The number of hydrogen-bond donors (Lipinski definition) is 1. The minimum Gasteiger partial charge on any atom is -0.494 e. The first-order chi connectivity index (χ1) is 9.79. The Hall–Kier alpha value is -1.06. The third kappa shape index (κ3) is 4.80. The lowest BCUT2D eigenvalue weighted by Crippen LogP contribution is -2.28. The van der Waals surface area contributed by atoms with E-state index in [2.05, 4.69) is 43.4 Å². The summed E-state index contributed by atoms with van der Waals surface area (Å²) in [6.07, 6.45) is 5.06. The number of benzene rings is 1. The summed E-state index contributed by atoms with van der Waals surface area (Å²) < 4.78 is 11.3. The predicted octanol–water partition coefficient (Wildman–Crippen LogP) is 3.70. The van der Waals surface area contributed by atoms with Crippen molar-refractivity contribution in [3.63, 3.8) is 0 Å². The molecule has 3 heteroatoms. The first kappa shape index (κ1) is 15.3. The van der Waals surface area contributed by atoms with Gasteiger partial charge in [-0.05, 0) is 43.9 Å². The van der Waals surface area contributed by atoms with Gasteiger partial charge in [-0.15, -0.1) is 0 Å². The molecule has 0 unspecified atom stereocenters. The molecule has 0 bridgehead atoms. The number of unbranched alkanes of at least 4 members (excludes halogenated alkanes) is 1. The normalized spacial score (nSPS) is 20.0. The van der Waals surface area contributed by atoms with Crippen molar-refractivity contribution in [3.8, 4) is 5.75 Å². The quantitative estimate of drug-likeness (QED) is 0.735. The van der Waals surface area contributed by atoms with Gasteiger partial charge < -0.3 is 14.8 Å². The lowest BCUT2D eigenvalue weighted by atomic mass is 10.1. The van der Waals surface area contributed by atoms with Gasteiger partial charge in [0.1, 0.15) is 5.75 Å². The highest BCUT2D eigenvalue weighted by molar-refractivity contribution is 5.28. The summed E-state index contributed by atoms with van der Waals surface area (Å²) in [5.74, 6) is 0.966. The second kappa shape index (κ2) is 8.28. The molecule has 20 heavy (non-hydrogen) atoms. The van der Waals surface area contributed by atoms with Crippen molar-refractivity contribution in [3.05, 3.63) is 29.8 Å². The topological polar surface area (TPSA) is 30.5 Å². The van der Waals surface area contributed by atoms with E-state index in [1.165, 1.54) is 24.8 Å². The molecule has 1 fully saturated rings. The van der Waals surface area contributed by atoms with Gasteiger partial charge in [0.05, 0.1) is 12.7 Å². The highest BCUT2D eigenvalue weighted by Crippen LogP contribution is 2.19. The zero-order chi connectivity index (χ0) is 14.2. The summed E-state index contributed by atoms with van der Waals surface area (Å²) >= 11 is 0. The summed E-state index contributed by atoms with van der Waals surface area (Å²) in [5.41, 5.74) is 1.30. The van der Waals surface area contributed by atoms with Crippen LogP contribution in [0.2, 0.25) is 0 Å². The summed E-state index contributed by atoms with van der Waals surface area (Å²) in [6.45, 7) is 7.04. The number of hydrogen-bond acceptors (Lipinski definition) is 3. The van der Waals surface area contributed by atoms with Crippen molar-refractivity contribution in [1.82, 2.24) is 5.32 Å². The maximum Gasteiger partial charge on any atom is 0.119 e. The molecule has 0 amide bonds. The second-order valence-corrected chi connectivity index (χ2v) is 5.54. The van der Waals surface area contributed by atoms with E-state index < -0.39 is 0 Å². The molecular weight excluding hydrogens is 250 g/mol.